The largest absolute Gasteiger partial charge is 0.456 e. The Morgan fingerprint density at radius 1 is 0.698 bits per heavy atom. The summed E-state index contributed by atoms with van der Waals surface area (Å²) in [5, 5.41) is 2.38. The van der Waals surface area contributed by atoms with Crippen LogP contribution in [0.2, 0.25) is 0 Å². The van der Waals surface area contributed by atoms with E-state index in [0.717, 1.165) is 11.2 Å². The zero-order chi connectivity index (χ0) is 28.7. The fourth-order valence-electron chi connectivity index (χ4n) is 9.49. The molecule has 6 aromatic rings. The zero-order valence-electron chi connectivity index (χ0n) is 24.9. The lowest BCUT2D eigenvalue weighted by Gasteiger charge is -2.52. The maximum atomic E-state index is 6.49. The highest BCUT2D eigenvalue weighted by molar-refractivity contribution is 7.00. The van der Waals surface area contributed by atoms with Gasteiger partial charge in [0.05, 0.1) is 5.54 Å². The molecule has 43 heavy (non-hydrogen) atoms. The summed E-state index contributed by atoms with van der Waals surface area (Å²) in [6, 6.07) is 36.2. The molecule has 5 aromatic carbocycles. The van der Waals surface area contributed by atoms with Gasteiger partial charge in [-0.25, -0.2) is 0 Å². The van der Waals surface area contributed by atoms with Crippen LogP contribution in [0.4, 0.5) is 28.4 Å². The number of benzene rings is 5. The van der Waals surface area contributed by atoms with Gasteiger partial charge in [-0.3, -0.25) is 0 Å². The lowest BCUT2D eigenvalue weighted by Crippen LogP contribution is -2.64. The number of hydrogen-bond acceptors (Lipinski definition) is 3. The van der Waals surface area contributed by atoms with Gasteiger partial charge in [0.25, 0.3) is 6.71 Å². The van der Waals surface area contributed by atoms with Gasteiger partial charge < -0.3 is 14.2 Å². The number of furan rings is 1. The lowest BCUT2D eigenvalue weighted by molar-refractivity contribution is 0.195. The molecule has 3 nitrogen and oxygen atoms in total. The molecule has 0 radical (unpaired) electrons. The van der Waals surface area contributed by atoms with Gasteiger partial charge in [-0.15, -0.1) is 0 Å². The molecular weight excluding hydrogens is 523 g/mol. The van der Waals surface area contributed by atoms with Crippen molar-refractivity contribution in [2.24, 2.45) is 0 Å². The minimum Gasteiger partial charge on any atom is -0.456 e. The summed E-state index contributed by atoms with van der Waals surface area (Å²) in [7, 11) is 0. The predicted molar refractivity (Wildman–Crippen MR) is 181 cm³/mol. The van der Waals surface area contributed by atoms with Crippen molar-refractivity contribution in [2.75, 3.05) is 9.80 Å². The van der Waals surface area contributed by atoms with Crippen molar-refractivity contribution >= 4 is 73.5 Å². The highest BCUT2D eigenvalue weighted by atomic mass is 16.3. The smallest absolute Gasteiger partial charge is 0.252 e. The molecule has 2 unspecified atom stereocenters. The average molecular weight is 557 g/mol. The number of rotatable bonds is 1. The van der Waals surface area contributed by atoms with Crippen molar-refractivity contribution in [3.8, 4) is 0 Å². The van der Waals surface area contributed by atoms with Crippen molar-refractivity contribution in [3.05, 3.63) is 108 Å². The summed E-state index contributed by atoms with van der Waals surface area (Å²) in [6.45, 7) is 7.53. The van der Waals surface area contributed by atoms with Crippen LogP contribution in [0, 0.1) is 6.92 Å². The Hall–Kier alpha value is -4.44. The van der Waals surface area contributed by atoms with E-state index < -0.39 is 0 Å². The van der Waals surface area contributed by atoms with Crippen LogP contribution in [0.3, 0.4) is 0 Å². The van der Waals surface area contributed by atoms with E-state index in [1.165, 1.54) is 86.8 Å². The Morgan fingerprint density at radius 3 is 2.37 bits per heavy atom. The van der Waals surface area contributed by atoms with Gasteiger partial charge in [0.15, 0.2) is 0 Å². The molecule has 4 aliphatic rings. The number of hydrogen-bond donors (Lipinski definition) is 0. The Kier molecular flexibility index (Phi) is 4.44. The summed E-state index contributed by atoms with van der Waals surface area (Å²) in [5.41, 5.74) is 15.7. The Morgan fingerprint density at radius 2 is 1.49 bits per heavy atom. The molecule has 2 atom stereocenters. The second-order valence-corrected chi connectivity index (χ2v) is 13.7. The van der Waals surface area contributed by atoms with E-state index in [1.54, 1.807) is 5.56 Å². The van der Waals surface area contributed by atoms with E-state index in [1.807, 2.05) is 0 Å². The van der Waals surface area contributed by atoms with E-state index in [4.69, 9.17) is 4.42 Å². The van der Waals surface area contributed by atoms with Gasteiger partial charge in [0, 0.05) is 50.7 Å². The molecule has 1 saturated carbocycles. The molecule has 1 aliphatic carbocycles. The molecule has 4 heteroatoms. The first kappa shape index (κ1) is 24.1. The number of aryl methyl sites for hydroxylation is 1. The molecule has 208 valence electrons. The predicted octanol–water partition coefficient (Wildman–Crippen LogP) is 8.25. The van der Waals surface area contributed by atoms with Gasteiger partial charge in [-0.1, -0.05) is 80.4 Å². The van der Waals surface area contributed by atoms with Crippen LogP contribution in [0.15, 0.2) is 101 Å². The van der Waals surface area contributed by atoms with Crippen LogP contribution >= 0.6 is 0 Å². The number of nitrogens with zero attached hydrogens (tertiary/aromatic N) is 2. The van der Waals surface area contributed by atoms with Crippen molar-refractivity contribution in [3.63, 3.8) is 0 Å². The quantitative estimate of drug-likeness (QED) is 0.190. The minimum atomic E-state index is 0.0405. The monoisotopic (exact) mass is 556 g/mol. The fraction of sp³-hybridized carbons (Fsp3) is 0.231. The minimum absolute atomic E-state index is 0.0405. The van der Waals surface area contributed by atoms with Crippen LogP contribution in [-0.4, -0.2) is 12.3 Å². The van der Waals surface area contributed by atoms with Crippen LogP contribution in [0.1, 0.15) is 50.7 Å². The summed E-state index contributed by atoms with van der Waals surface area (Å²) in [5.74, 6) is 0. The molecule has 0 amide bonds. The van der Waals surface area contributed by atoms with E-state index >= 15 is 0 Å². The van der Waals surface area contributed by atoms with E-state index in [0.29, 0.717) is 0 Å². The first-order chi connectivity index (χ1) is 21.0. The highest BCUT2D eigenvalue weighted by Crippen LogP contribution is 2.61. The van der Waals surface area contributed by atoms with E-state index in [2.05, 4.69) is 128 Å². The van der Waals surface area contributed by atoms with Gasteiger partial charge in [0.1, 0.15) is 11.2 Å². The topological polar surface area (TPSA) is 19.6 Å². The molecule has 0 spiro atoms. The normalized spacial score (nSPS) is 22.9. The van der Waals surface area contributed by atoms with Crippen molar-refractivity contribution < 1.29 is 4.42 Å². The van der Waals surface area contributed by atoms with Gasteiger partial charge in [0.2, 0.25) is 0 Å². The van der Waals surface area contributed by atoms with Crippen molar-refractivity contribution in [2.45, 2.75) is 57.4 Å². The Labute approximate surface area is 252 Å². The first-order valence-electron chi connectivity index (χ1n) is 15.9. The Bertz CT molecular complexity index is 2170. The maximum absolute atomic E-state index is 6.49. The molecule has 1 fully saturated rings. The average Bonchev–Trinajstić information content (AvgIpc) is 3.48. The van der Waals surface area contributed by atoms with E-state index in [9.17, 15) is 0 Å². The third-order valence-electron chi connectivity index (χ3n) is 11.6. The van der Waals surface area contributed by atoms with Crippen LogP contribution in [-0.2, 0) is 5.41 Å². The van der Waals surface area contributed by atoms with Gasteiger partial charge in [-0.05, 0) is 84.5 Å². The zero-order valence-corrected chi connectivity index (χ0v) is 24.9. The molecule has 4 heterocycles. The summed E-state index contributed by atoms with van der Waals surface area (Å²) in [4.78, 5) is 5.30. The molecule has 0 N–H and O–H groups in total. The highest BCUT2D eigenvalue weighted by Gasteiger charge is 2.61. The SMILES string of the molecule is Cc1cc2c3c(c1)N1c4c(cccc4C4(C)CCCCC14C)B3c1cc3c(cc1N2c1ccccc1)oc1ccccc13. The number of fused-ring (bicyclic) bond motifs is 10. The van der Waals surface area contributed by atoms with Crippen LogP contribution < -0.4 is 26.2 Å². The molecule has 3 aliphatic heterocycles. The third-order valence-corrected chi connectivity index (χ3v) is 11.6. The lowest BCUT2D eigenvalue weighted by atomic mass is 9.33. The van der Waals surface area contributed by atoms with Crippen LogP contribution in [0.5, 0.6) is 0 Å². The second-order valence-electron chi connectivity index (χ2n) is 13.7. The first-order valence-corrected chi connectivity index (χ1v) is 15.9. The molecule has 1 aromatic heterocycles. The second kappa shape index (κ2) is 7.93. The Balaban J connectivity index is 1.37. The molecule has 0 saturated heterocycles. The van der Waals surface area contributed by atoms with Crippen LogP contribution in [0.25, 0.3) is 21.9 Å². The summed E-state index contributed by atoms with van der Waals surface area (Å²) in [6.07, 6.45) is 5.04. The number of anilines is 5. The van der Waals surface area contributed by atoms with Gasteiger partial charge in [-0.2, -0.15) is 0 Å². The molecule has 0 bridgehead atoms. The third kappa shape index (κ3) is 2.79. The van der Waals surface area contributed by atoms with Gasteiger partial charge >= 0.3 is 0 Å². The number of para-hydroxylation sites is 3. The molecular formula is C39H33BN2O. The summed E-state index contributed by atoms with van der Waals surface area (Å²) >= 11 is 0. The van der Waals surface area contributed by atoms with E-state index in [-0.39, 0.29) is 17.7 Å². The maximum Gasteiger partial charge on any atom is 0.252 e. The molecule has 10 rings (SSSR count). The fourth-order valence-corrected chi connectivity index (χ4v) is 9.49. The van der Waals surface area contributed by atoms with Crippen molar-refractivity contribution in [1.82, 2.24) is 0 Å². The summed E-state index contributed by atoms with van der Waals surface area (Å²) < 4.78 is 6.49. The standard InChI is InChI=1S/C39H33BN2O/c1-24-20-32-36-33(21-24)42-37-28(38(2)18-9-10-19-39(38,42)3)15-11-16-29(37)40(36)30-22-27-26-14-7-8-17-34(26)43-35(27)23-31(30)41(32)25-12-5-4-6-13-25/h4-8,11-17,20-23H,9-10,18-19H2,1-3H3. The van der Waals surface area contributed by atoms with Crippen molar-refractivity contribution in [1.29, 1.82) is 0 Å².